The molecule has 1 unspecified atom stereocenters. The van der Waals surface area contributed by atoms with E-state index in [0.29, 0.717) is 15.7 Å². The number of nitrogens with two attached hydrogens (primary N) is 1. The van der Waals surface area contributed by atoms with Gasteiger partial charge in [0, 0.05) is 15.7 Å². The summed E-state index contributed by atoms with van der Waals surface area (Å²) in [6.07, 6.45) is 0. The molecule has 0 heterocycles. The molecule has 0 fully saturated rings. The number of para-hydroxylation sites is 1. The van der Waals surface area contributed by atoms with Crippen molar-refractivity contribution in [3.8, 4) is 0 Å². The fraction of sp³-hybridized carbons (Fsp3) is 0.176. The zero-order chi connectivity index (χ0) is 17.5. The van der Waals surface area contributed by atoms with Gasteiger partial charge in [0.15, 0.2) is 5.96 Å². The average molecular weight is 365 g/mol. The van der Waals surface area contributed by atoms with Crippen molar-refractivity contribution in [1.82, 2.24) is 5.32 Å². The molecular formula is C17H18Cl2N4O. The lowest BCUT2D eigenvalue weighted by Crippen LogP contribution is -2.34. The van der Waals surface area contributed by atoms with E-state index in [1.807, 2.05) is 31.2 Å². The van der Waals surface area contributed by atoms with Crippen molar-refractivity contribution in [2.24, 2.45) is 10.7 Å². The molecule has 2 rings (SSSR count). The highest BCUT2D eigenvalue weighted by molar-refractivity contribution is 6.35. The maximum atomic E-state index is 11.8. The lowest BCUT2D eigenvalue weighted by Gasteiger charge is -2.16. The third kappa shape index (κ3) is 5.44. The van der Waals surface area contributed by atoms with Gasteiger partial charge >= 0.3 is 0 Å². The summed E-state index contributed by atoms with van der Waals surface area (Å²) < 4.78 is 0. The van der Waals surface area contributed by atoms with Gasteiger partial charge in [-0.25, -0.2) is 4.99 Å². The molecule has 24 heavy (non-hydrogen) atoms. The highest BCUT2D eigenvalue weighted by Gasteiger charge is 2.11. The Kier molecular flexibility index (Phi) is 6.46. The van der Waals surface area contributed by atoms with E-state index in [-0.39, 0.29) is 24.5 Å². The number of anilines is 1. The van der Waals surface area contributed by atoms with Crippen LogP contribution in [0, 0.1) is 0 Å². The molecule has 0 saturated carbocycles. The van der Waals surface area contributed by atoms with Crippen LogP contribution in [0.4, 0.5) is 5.69 Å². The Morgan fingerprint density at radius 2 is 1.92 bits per heavy atom. The second-order valence-electron chi connectivity index (χ2n) is 5.15. The van der Waals surface area contributed by atoms with E-state index < -0.39 is 0 Å². The summed E-state index contributed by atoms with van der Waals surface area (Å²) in [5, 5.41) is 6.83. The molecule has 0 radical (unpaired) electrons. The van der Waals surface area contributed by atoms with E-state index in [1.165, 1.54) is 0 Å². The minimum absolute atomic E-state index is 0.0746. The molecule has 2 aromatic rings. The predicted molar refractivity (Wildman–Crippen MR) is 99.6 cm³/mol. The van der Waals surface area contributed by atoms with Crippen LogP contribution in [0.2, 0.25) is 10.0 Å². The second kappa shape index (κ2) is 8.57. The third-order valence-electron chi connectivity index (χ3n) is 3.24. The van der Waals surface area contributed by atoms with Gasteiger partial charge in [-0.3, -0.25) is 4.79 Å². The van der Waals surface area contributed by atoms with Gasteiger partial charge in [-0.05, 0) is 36.8 Å². The summed E-state index contributed by atoms with van der Waals surface area (Å²) in [5.74, 6) is -0.0835. The molecule has 1 amide bonds. The Labute approximate surface area is 150 Å². The fourth-order valence-electron chi connectivity index (χ4n) is 2.08. The first-order valence-corrected chi connectivity index (χ1v) is 8.07. The minimum atomic E-state index is -0.247. The normalized spacial score (nSPS) is 12.5. The van der Waals surface area contributed by atoms with E-state index in [2.05, 4.69) is 15.6 Å². The van der Waals surface area contributed by atoms with Crippen molar-refractivity contribution in [2.75, 3.05) is 11.9 Å². The van der Waals surface area contributed by atoms with Gasteiger partial charge in [-0.1, -0.05) is 47.5 Å². The van der Waals surface area contributed by atoms with Gasteiger partial charge in [0.05, 0.1) is 6.04 Å². The van der Waals surface area contributed by atoms with Crippen molar-refractivity contribution in [2.45, 2.75) is 13.0 Å². The third-order valence-corrected chi connectivity index (χ3v) is 3.81. The Balaban J connectivity index is 1.90. The zero-order valence-electron chi connectivity index (χ0n) is 13.1. The maximum Gasteiger partial charge on any atom is 0.246 e. The highest BCUT2D eigenvalue weighted by Crippen LogP contribution is 2.25. The number of amides is 1. The van der Waals surface area contributed by atoms with Crippen LogP contribution in [0.1, 0.15) is 18.5 Å². The monoisotopic (exact) mass is 364 g/mol. The van der Waals surface area contributed by atoms with Crippen molar-refractivity contribution in [3.05, 3.63) is 64.1 Å². The Morgan fingerprint density at radius 3 is 2.58 bits per heavy atom. The van der Waals surface area contributed by atoms with Gasteiger partial charge in [0.25, 0.3) is 0 Å². The summed E-state index contributed by atoms with van der Waals surface area (Å²) in [7, 11) is 0. The Bertz CT molecular complexity index is 735. The molecule has 1 atom stereocenters. The quantitative estimate of drug-likeness (QED) is 0.560. The molecule has 0 aliphatic carbocycles. The number of hydrogen-bond donors (Lipinski definition) is 3. The van der Waals surface area contributed by atoms with Crippen LogP contribution in [0.25, 0.3) is 0 Å². The van der Waals surface area contributed by atoms with Crippen molar-refractivity contribution >= 4 is 40.8 Å². The number of guanidine groups is 1. The van der Waals surface area contributed by atoms with Crippen LogP contribution < -0.4 is 16.4 Å². The first-order valence-electron chi connectivity index (χ1n) is 7.32. The average Bonchev–Trinajstić information content (AvgIpc) is 2.53. The molecule has 0 bridgehead atoms. The lowest BCUT2D eigenvalue weighted by atomic mass is 10.1. The topological polar surface area (TPSA) is 79.5 Å². The number of rotatable bonds is 5. The molecule has 2 aromatic carbocycles. The highest BCUT2D eigenvalue weighted by atomic mass is 35.5. The Hall–Kier alpha value is -2.24. The lowest BCUT2D eigenvalue weighted by molar-refractivity contribution is -0.114. The fourth-order valence-corrected chi connectivity index (χ4v) is 2.65. The Morgan fingerprint density at radius 1 is 1.21 bits per heavy atom. The van der Waals surface area contributed by atoms with Crippen LogP contribution in [0.3, 0.4) is 0 Å². The largest absolute Gasteiger partial charge is 0.370 e. The van der Waals surface area contributed by atoms with Gasteiger partial charge in [-0.2, -0.15) is 0 Å². The first-order chi connectivity index (χ1) is 11.5. The SMILES string of the molecule is CC(NC(N)=NCC(=O)Nc1ccccc1)c1ccc(Cl)cc1Cl. The van der Waals surface area contributed by atoms with Gasteiger partial charge < -0.3 is 16.4 Å². The smallest absolute Gasteiger partial charge is 0.246 e. The van der Waals surface area contributed by atoms with Crippen LogP contribution in [-0.4, -0.2) is 18.4 Å². The number of halogens is 2. The van der Waals surface area contributed by atoms with Crippen LogP contribution in [0.15, 0.2) is 53.5 Å². The molecule has 5 nitrogen and oxygen atoms in total. The molecule has 0 spiro atoms. The molecule has 7 heteroatoms. The van der Waals surface area contributed by atoms with Gasteiger partial charge in [0.2, 0.25) is 5.91 Å². The molecule has 126 valence electrons. The van der Waals surface area contributed by atoms with E-state index in [4.69, 9.17) is 28.9 Å². The zero-order valence-corrected chi connectivity index (χ0v) is 14.6. The maximum absolute atomic E-state index is 11.8. The molecule has 0 aliphatic heterocycles. The summed E-state index contributed by atoms with van der Waals surface area (Å²) in [6.45, 7) is 1.82. The van der Waals surface area contributed by atoms with Crippen molar-refractivity contribution in [1.29, 1.82) is 0 Å². The summed E-state index contributed by atoms with van der Waals surface area (Å²) >= 11 is 12.0. The number of carbonyl (C=O) groups is 1. The number of nitrogens with one attached hydrogen (secondary N) is 2. The number of aliphatic imine (C=N–C) groups is 1. The van der Waals surface area contributed by atoms with Gasteiger partial charge in [0.1, 0.15) is 6.54 Å². The number of hydrogen-bond acceptors (Lipinski definition) is 2. The van der Waals surface area contributed by atoms with E-state index in [9.17, 15) is 4.79 Å². The number of carbonyl (C=O) groups excluding carboxylic acids is 1. The first kappa shape index (κ1) is 18.1. The molecular weight excluding hydrogens is 347 g/mol. The van der Waals surface area contributed by atoms with Crippen LogP contribution in [0.5, 0.6) is 0 Å². The second-order valence-corrected chi connectivity index (χ2v) is 5.99. The standard InChI is InChI=1S/C17H18Cl2N4O/c1-11(14-8-7-12(18)9-15(14)19)22-17(20)21-10-16(24)23-13-5-3-2-4-6-13/h2-9,11H,10H2,1H3,(H,23,24)(H3,20,21,22). The number of nitrogens with zero attached hydrogens (tertiary/aromatic N) is 1. The molecule has 0 saturated heterocycles. The van der Waals surface area contributed by atoms with Crippen molar-refractivity contribution in [3.63, 3.8) is 0 Å². The van der Waals surface area contributed by atoms with E-state index in [0.717, 1.165) is 5.56 Å². The minimum Gasteiger partial charge on any atom is -0.370 e. The van der Waals surface area contributed by atoms with E-state index >= 15 is 0 Å². The summed E-state index contributed by atoms with van der Waals surface area (Å²) in [6, 6.07) is 14.2. The molecule has 0 aliphatic rings. The predicted octanol–water partition coefficient (Wildman–Crippen LogP) is 3.60. The van der Waals surface area contributed by atoms with Gasteiger partial charge in [-0.15, -0.1) is 0 Å². The molecule has 4 N–H and O–H groups in total. The number of benzene rings is 2. The van der Waals surface area contributed by atoms with E-state index in [1.54, 1.807) is 24.3 Å². The van der Waals surface area contributed by atoms with Crippen molar-refractivity contribution < 1.29 is 4.79 Å². The molecule has 0 aromatic heterocycles. The van der Waals surface area contributed by atoms with Crippen LogP contribution in [-0.2, 0) is 4.79 Å². The van der Waals surface area contributed by atoms with Crippen LogP contribution >= 0.6 is 23.2 Å². The summed E-state index contributed by atoms with van der Waals surface area (Å²) in [4.78, 5) is 15.9. The summed E-state index contributed by atoms with van der Waals surface area (Å²) in [5.41, 5.74) is 7.38.